The number of hydrogen-bond acceptors (Lipinski definition) is 4. The normalized spacial score (nSPS) is 19.9. The molecule has 3 aromatic rings. The minimum Gasteiger partial charge on any atom is -0.481 e. The van der Waals surface area contributed by atoms with Gasteiger partial charge in [-0.2, -0.15) is 9.61 Å². The van der Waals surface area contributed by atoms with E-state index in [1.54, 1.807) is 0 Å². The predicted molar refractivity (Wildman–Crippen MR) is 122 cm³/mol. The van der Waals surface area contributed by atoms with Crippen molar-refractivity contribution in [3.63, 3.8) is 0 Å². The Bertz CT molecular complexity index is 1120. The van der Waals surface area contributed by atoms with Crippen molar-refractivity contribution in [2.75, 3.05) is 18.0 Å². The van der Waals surface area contributed by atoms with Crippen molar-refractivity contribution in [2.24, 2.45) is 5.92 Å². The minimum atomic E-state index is -0.712. The van der Waals surface area contributed by atoms with E-state index in [0.29, 0.717) is 17.5 Å². The molecule has 2 aromatic heterocycles. The van der Waals surface area contributed by atoms with Crippen molar-refractivity contribution in [2.45, 2.75) is 51.4 Å². The molecule has 31 heavy (non-hydrogen) atoms. The summed E-state index contributed by atoms with van der Waals surface area (Å²) in [4.78, 5) is 18.9. The molecule has 0 spiro atoms. The van der Waals surface area contributed by atoms with Gasteiger partial charge in [-0.05, 0) is 50.7 Å². The molecule has 7 heteroatoms. The quantitative estimate of drug-likeness (QED) is 0.597. The van der Waals surface area contributed by atoms with Crippen molar-refractivity contribution < 1.29 is 9.90 Å². The molecular formula is C24H27ClN4O2. The number of aromatic nitrogens is 3. The van der Waals surface area contributed by atoms with Gasteiger partial charge in [0.15, 0.2) is 5.65 Å². The van der Waals surface area contributed by atoms with Crippen LogP contribution in [0.25, 0.3) is 16.9 Å². The van der Waals surface area contributed by atoms with Crippen LogP contribution >= 0.6 is 11.6 Å². The summed E-state index contributed by atoms with van der Waals surface area (Å²) in [6, 6.07) is 9.68. The van der Waals surface area contributed by atoms with E-state index in [4.69, 9.17) is 21.7 Å². The number of fused-ring (bicyclic) bond motifs is 1. The van der Waals surface area contributed by atoms with E-state index in [9.17, 15) is 9.90 Å². The second kappa shape index (κ2) is 8.15. The first kappa shape index (κ1) is 20.3. The number of rotatable bonds is 4. The van der Waals surface area contributed by atoms with E-state index >= 15 is 0 Å². The van der Waals surface area contributed by atoms with E-state index in [0.717, 1.165) is 60.6 Å². The van der Waals surface area contributed by atoms with Crippen molar-refractivity contribution in [3.8, 4) is 11.3 Å². The van der Waals surface area contributed by atoms with E-state index in [1.165, 1.54) is 18.4 Å². The van der Waals surface area contributed by atoms with Gasteiger partial charge in [0.1, 0.15) is 5.82 Å². The van der Waals surface area contributed by atoms with E-state index in [2.05, 4.69) is 11.8 Å². The number of carbonyl (C=O) groups is 1. The van der Waals surface area contributed by atoms with Gasteiger partial charge < -0.3 is 10.0 Å². The van der Waals surface area contributed by atoms with Gasteiger partial charge in [-0.1, -0.05) is 36.6 Å². The van der Waals surface area contributed by atoms with Gasteiger partial charge in [0, 0.05) is 41.0 Å². The zero-order chi connectivity index (χ0) is 21.5. The number of aryl methyl sites for hydroxylation is 1. The van der Waals surface area contributed by atoms with Gasteiger partial charge in [-0.25, -0.2) is 4.98 Å². The average Bonchev–Trinajstić information content (AvgIpc) is 3.43. The number of carboxylic acid groups (broad SMARTS) is 1. The molecule has 2 aliphatic rings. The molecule has 6 nitrogen and oxygen atoms in total. The Kier molecular flexibility index (Phi) is 5.34. The highest BCUT2D eigenvalue weighted by molar-refractivity contribution is 6.30. The Morgan fingerprint density at radius 1 is 1.13 bits per heavy atom. The molecule has 1 atom stereocenters. The van der Waals surface area contributed by atoms with Crippen LogP contribution in [0.15, 0.2) is 30.3 Å². The molecule has 0 amide bonds. The lowest BCUT2D eigenvalue weighted by atomic mass is 9.93. The molecule has 1 aromatic carbocycles. The third-order valence-corrected chi connectivity index (χ3v) is 7.03. The monoisotopic (exact) mass is 438 g/mol. The Morgan fingerprint density at radius 3 is 2.58 bits per heavy atom. The summed E-state index contributed by atoms with van der Waals surface area (Å²) in [5.74, 6) is 0.442. The fourth-order valence-corrected chi connectivity index (χ4v) is 5.37. The van der Waals surface area contributed by atoms with Crippen LogP contribution in [0, 0.1) is 12.8 Å². The van der Waals surface area contributed by atoms with E-state index < -0.39 is 5.97 Å². The number of carboxylic acids is 1. The summed E-state index contributed by atoms with van der Waals surface area (Å²) in [6.07, 6.45) is 6.37. The molecule has 0 radical (unpaired) electrons. The number of aliphatic carboxylic acids is 1. The topological polar surface area (TPSA) is 70.7 Å². The van der Waals surface area contributed by atoms with Crippen LogP contribution in [0.4, 0.5) is 5.82 Å². The Morgan fingerprint density at radius 2 is 1.87 bits per heavy atom. The van der Waals surface area contributed by atoms with E-state index in [-0.39, 0.29) is 5.92 Å². The largest absolute Gasteiger partial charge is 0.481 e. The van der Waals surface area contributed by atoms with Crippen LogP contribution in [0.5, 0.6) is 0 Å². The van der Waals surface area contributed by atoms with Crippen LogP contribution in [-0.4, -0.2) is 38.8 Å². The maximum Gasteiger partial charge on any atom is 0.308 e. The van der Waals surface area contributed by atoms with Crippen LogP contribution in [0.2, 0.25) is 5.02 Å². The van der Waals surface area contributed by atoms with Gasteiger partial charge in [0.2, 0.25) is 0 Å². The number of benzene rings is 1. The lowest BCUT2D eigenvalue weighted by molar-refractivity contribution is -0.141. The number of piperidine rings is 1. The second-order valence-electron chi connectivity index (χ2n) is 8.85. The lowest BCUT2D eigenvalue weighted by Gasteiger charge is -2.35. The van der Waals surface area contributed by atoms with Crippen LogP contribution in [0.3, 0.4) is 0 Å². The Hall–Kier alpha value is -2.60. The first-order valence-electron chi connectivity index (χ1n) is 11.1. The maximum absolute atomic E-state index is 11.7. The highest BCUT2D eigenvalue weighted by Crippen LogP contribution is 2.42. The summed E-state index contributed by atoms with van der Waals surface area (Å²) in [6.45, 7) is 3.45. The van der Waals surface area contributed by atoms with Crippen LogP contribution < -0.4 is 4.90 Å². The average molecular weight is 439 g/mol. The van der Waals surface area contributed by atoms with E-state index in [1.807, 2.05) is 34.8 Å². The fraction of sp³-hybridized carbons (Fsp3) is 0.458. The molecule has 1 unspecified atom stereocenters. The third-order valence-electron chi connectivity index (χ3n) is 6.78. The number of anilines is 1. The van der Waals surface area contributed by atoms with Crippen LogP contribution in [-0.2, 0) is 4.79 Å². The predicted octanol–water partition coefficient (Wildman–Crippen LogP) is 5.32. The summed E-state index contributed by atoms with van der Waals surface area (Å²) in [5.41, 5.74) is 4.93. The zero-order valence-electron chi connectivity index (χ0n) is 17.7. The van der Waals surface area contributed by atoms with Crippen molar-refractivity contribution >= 4 is 29.0 Å². The molecule has 1 saturated carbocycles. The van der Waals surface area contributed by atoms with Crippen molar-refractivity contribution in [3.05, 3.63) is 46.6 Å². The highest BCUT2D eigenvalue weighted by Gasteiger charge is 2.32. The van der Waals surface area contributed by atoms with Gasteiger partial charge in [0.25, 0.3) is 0 Å². The first-order chi connectivity index (χ1) is 15.0. The zero-order valence-corrected chi connectivity index (χ0v) is 18.5. The number of hydrogen-bond donors (Lipinski definition) is 1. The molecule has 1 saturated heterocycles. The molecule has 0 bridgehead atoms. The SMILES string of the molecule is Cc1nc2cc(-c3ccc(Cl)cc3)nn2c(N2CCCC(C(=O)O)C2)c1C1CCCC1. The molecule has 5 rings (SSSR count). The lowest BCUT2D eigenvalue weighted by Crippen LogP contribution is -2.40. The summed E-state index contributed by atoms with van der Waals surface area (Å²) < 4.78 is 1.95. The Balaban J connectivity index is 1.67. The van der Waals surface area contributed by atoms with Gasteiger partial charge in [0.05, 0.1) is 11.6 Å². The minimum absolute atomic E-state index is 0.347. The summed E-state index contributed by atoms with van der Waals surface area (Å²) in [5, 5.41) is 15.3. The summed E-state index contributed by atoms with van der Waals surface area (Å²) >= 11 is 6.07. The molecule has 3 heterocycles. The molecule has 2 fully saturated rings. The molecular weight excluding hydrogens is 412 g/mol. The number of halogens is 1. The maximum atomic E-state index is 11.7. The third kappa shape index (κ3) is 3.78. The Labute approximate surface area is 186 Å². The molecule has 1 N–H and O–H groups in total. The molecule has 1 aliphatic heterocycles. The van der Waals surface area contributed by atoms with Gasteiger partial charge >= 0.3 is 5.97 Å². The van der Waals surface area contributed by atoms with Crippen LogP contribution in [0.1, 0.15) is 55.7 Å². The van der Waals surface area contributed by atoms with Gasteiger partial charge in [-0.3, -0.25) is 4.79 Å². The van der Waals surface area contributed by atoms with Crippen molar-refractivity contribution in [1.82, 2.24) is 14.6 Å². The number of nitrogens with zero attached hydrogens (tertiary/aromatic N) is 4. The highest BCUT2D eigenvalue weighted by atomic mass is 35.5. The standard InChI is InChI=1S/C24H27ClN4O2/c1-15-22(17-5-2-3-6-17)23(28-12-4-7-18(14-28)24(30)31)29-21(26-15)13-20(27-29)16-8-10-19(25)11-9-16/h8-11,13,17-18H,2-7,12,14H2,1H3,(H,30,31). The summed E-state index contributed by atoms with van der Waals surface area (Å²) in [7, 11) is 0. The van der Waals surface area contributed by atoms with Gasteiger partial charge in [-0.15, -0.1) is 0 Å². The van der Waals surface area contributed by atoms with Crippen molar-refractivity contribution in [1.29, 1.82) is 0 Å². The molecule has 1 aliphatic carbocycles. The second-order valence-corrected chi connectivity index (χ2v) is 9.28. The first-order valence-corrected chi connectivity index (χ1v) is 11.5. The molecule has 162 valence electrons. The fourth-order valence-electron chi connectivity index (χ4n) is 5.24. The smallest absolute Gasteiger partial charge is 0.308 e.